The van der Waals surface area contributed by atoms with Crippen LogP contribution >= 0.6 is 0 Å². The lowest BCUT2D eigenvalue weighted by Gasteiger charge is -2.15. The Morgan fingerprint density at radius 3 is 1.50 bits per heavy atom. The summed E-state index contributed by atoms with van der Waals surface area (Å²) in [7, 11) is 0. The molecule has 132 valence electrons. The Kier molecular flexibility index (Phi) is 16.1. The summed E-state index contributed by atoms with van der Waals surface area (Å²) in [4.78, 5) is 10.7. The van der Waals surface area contributed by atoms with Gasteiger partial charge in [0, 0.05) is 0 Å². The van der Waals surface area contributed by atoms with Gasteiger partial charge in [-0.25, -0.2) is 4.79 Å². The fourth-order valence-corrected chi connectivity index (χ4v) is 2.89. The third kappa shape index (κ3) is 15.7. The van der Waals surface area contributed by atoms with Crippen LogP contribution in [-0.2, 0) is 4.74 Å². The van der Waals surface area contributed by atoms with Crippen molar-refractivity contribution in [2.75, 3.05) is 0 Å². The Labute approximate surface area is 137 Å². The van der Waals surface area contributed by atoms with Gasteiger partial charge in [-0.1, -0.05) is 84.5 Å². The number of rotatable bonds is 16. The molecular weight excluding hydrogens is 276 g/mol. The third-order valence-electron chi connectivity index (χ3n) is 4.28. The normalized spacial score (nSPS) is 12.3. The predicted molar refractivity (Wildman–Crippen MR) is 93.5 cm³/mol. The summed E-state index contributed by atoms with van der Waals surface area (Å²) in [6, 6.07) is 0. The lowest BCUT2D eigenvalue weighted by Crippen LogP contribution is -2.16. The Balaban J connectivity index is 3.55. The van der Waals surface area contributed by atoms with Gasteiger partial charge in [-0.3, -0.25) is 0 Å². The first kappa shape index (κ1) is 21.3. The molecule has 0 aliphatic rings. The van der Waals surface area contributed by atoms with Crippen molar-refractivity contribution in [2.45, 2.75) is 116 Å². The van der Waals surface area contributed by atoms with Crippen LogP contribution in [0.4, 0.5) is 4.79 Å². The van der Waals surface area contributed by atoms with E-state index in [0.717, 1.165) is 25.7 Å². The first-order valence-electron chi connectivity index (χ1n) is 9.60. The minimum absolute atomic E-state index is 0.0843. The third-order valence-corrected chi connectivity index (χ3v) is 4.28. The fourth-order valence-electron chi connectivity index (χ4n) is 2.89. The summed E-state index contributed by atoms with van der Waals surface area (Å²) in [6.07, 6.45) is 17.0. The first-order chi connectivity index (χ1) is 10.7. The molecule has 3 heteroatoms. The van der Waals surface area contributed by atoms with Crippen LogP contribution in [0, 0.1) is 0 Å². The standard InChI is InChI=1S/C19H38O3/c1-3-5-7-9-10-11-12-13-15-17-18(22-19(20)21)16-14-8-6-4-2/h18H,3-17H2,1-2H3,(H,20,21). The van der Waals surface area contributed by atoms with Crippen molar-refractivity contribution in [1.29, 1.82) is 0 Å². The van der Waals surface area contributed by atoms with E-state index in [2.05, 4.69) is 13.8 Å². The van der Waals surface area contributed by atoms with Gasteiger partial charge in [-0.05, 0) is 25.7 Å². The summed E-state index contributed by atoms with van der Waals surface area (Å²) in [6.45, 7) is 4.44. The minimum Gasteiger partial charge on any atom is -0.450 e. The molecule has 0 saturated heterocycles. The van der Waals surface area contributed by atoms with E-state index in [-0.39, 0.29) is 6.10 Å². The number of carboxylic acid groups (broad SMARTS) is 1. The van der Waals surface area contributed by atoms with Crippen LogP contribution < -0.4 is 0 Å². The zero-order valence-electron chi connectivity index (χ0n) is 14.9. The molecule has 0 fully saturated rings. The molecule has 22 heavy (non-hydrogen) atoms. The van der Waals surface area contributed by atoms with Gasteiger partial charge in [0.15, 0.2) is 0 Å². The second-order valence-corrected chi connectivity index (χ2v) is 6.47. The summed E-state index contributed by atoms with van der Waals surface area (Å²) in [5.41, 5.74) is 0. The molecule has 0 saturated carbocycles. The first-order valence-corrected chi connectivity index (χ1v) is 9.60. The van der Waals surface area contributed by atoms with E-state index in [1.54, 1.807) is 0 Å². The highest BCUT2D eigenvalue weighted by Crippen LogP contribution is 2.16. The highest BCUT2D eigenvalue weighted by Gasteiger charge is 2.12. The maximum atomic E-state index is 10.7. The Hall–Kier alpha value is -0.730. The van der Waals surface area contributed by atoms with Crippen LogP contribution in [0.1, 0.15) is 110 Å². The van der Waals surface area contributed by atoms with Gasteiger partial charge >= 0.3 is 6.16 Å². The van der Waals surface area contributed by atoms with Gasteiger partial charge in [-0.2, -0.15) is 0 Å². The molecule has 0 aromatic rings. The topological polar surface area (TPSA) is 46.5 Å². The molecule has 0 bridgehead atoms. The van der Waals surface area contributed by atoms with Crippen LogP contribution in [0.5, 0.6) is 0 Å². The molecule has 0 spiro atoms. The summed E-state index contributed by atoms with van der Waals surface area (Å²) < 4.78 is 5.02. The molecule has 0 radical (unpaired) electrons. The zero-order valence-corrected chi connectivity index (χ0v) is 14.9. The average Bonchev–Trinajstić information content (AvgIpc) is 2.49. The van der Waals surface area contributed by atoms with E-state index in [1.165, 1.54) is 70.6 Å². The number of ether oxygens (including phenoxy) is 1. The van der Waals surface area contributed by atoms with E-state index in [0.29, 0.717) is 0 Å². The molecule has 1 atom stereocenters. The molecule has 1 N–H and O–H groups in total. The second-order valence-electron chi connectivity index (χ2n) is 6.47. The van der Waals surface area contributed by atoms with Crippen LogP contribution in [0.3, 0.4) is 0 Å². The predicted octanol–water partition coefficient (Wildman–Crippen LogP) is 6.94. The number of carbonyl (C=O) groups is 1. The highest BCUT2D eigenvalue weighted by atomic mass is 16.7. The minimum atomic E-state index is -1.11. The van der Waals surface area contributed by atoms with Gasteiger partial charge in [0.05, 0.1) is 0 Å². The van der Waals surface area contributed by atoms with E-state index >= 15 is 0 Å². The van der Waals surface area contributed by atoms with Crippen molar-refractivity contribution in [3.05, 3.63) is 0 Å². The Bertz CT molecular complexity index is 241. The van der Waals surface area contributed by atoms with E-state index in [1.807, 2.05) is 0 Å². The molecule has 0 amide bonds. The van der Waals surface area contributed by atoms with E-state index in [4.69, 9.17) is 9.84 Å². The SMILES string of the molecule is CCCCCCCCCCCC(CCCCCC)OC(=O)O. The average molecular weight is 315 g/mol. The van der Waals surface area contributed by atoms with Crippen molar-refractivity contribution in [2.24, 2.45) is 0 Å². The maximum Gasteiger partial charge on any atom is 0.506 e. The van der Waals surface area contributed by atoms with Crippen molar-refractivity contribution < 1.29 is 14.6 Å². The smallest absolute Gasteiger partial charge is 0.450 e. The lowest BCUT2D eigenvalue weighted by molar-refractivity contribution is 0.0422. The van der Waals surface area contributed by atoms with E-state index in [9.17, 15) is 4.79 Å². The largest absolute Gasteiger partial charge is 0.506 e. The van der Waals surface area contributed by atoms with Crippen LogP contribution in [0.15, 0.2) is 0 Å². The Morgan fingerprint density at radius 1 is 0.727 bits per heavy atom. The van der Waals surface area contributed by atoms with Crippen molar-refractivity contribution in [3.63, 3.8) is 0 Å². The summed E-state index contributed by atoms with van der Waals surface area (Å²) >= 11 is 0. The van der Waals surface area contributed by atoms with Gasteiger partial charge in [0.25, 0.3) is 0 Å². The van der Waals surface area contributed by atoms with Crippen LogP contribution in [0.25, 0.3) is 0 Å². The summed E-state index contributed by atoms with van der Waals surface area (Å²) in [5, 5.41) is 8.81. The molecule has 0 aliphatic heterocycles. The highest BCUT2D eigenvalue weighted by molar-refractivity contribution is 5.57. The van der Waals surface area contributed by atoms with Gasteiger partial charge < -0.3 is 9.84 Å². The van der Waals surface area contributed by atoms with Crippen LogP contribution in [-0.4, -0.2) is 17.4 Å². The van der Waals surface area contributed by atoms with Gasteiger partial charge in [-0.15, -0.1) is 0 Å². The molecule has 1 unspecified atom stereocenters. The number of hydrogen-bond donors (Lipinski definition) is 1. The maximum absolute atomic E-state index is 10.7. The molecule has 0 aromatic heterocycles. The monoisotopic (exact) mass is 314 g/mol. The fraction of sp³-hybridized carbons (Fsp3) is 0.947. The molecule has 0 aromatic carbocycles. The van der Waals surface area contributed by atoms with E-state index < -0.39 is 6.16 Å². The zero-order chi connectivity index (χ0) is 16.5. The number of hydrogen-bond acceptors (Lipinski definition) is 2. The molecule has 3 nitrogen and oxygen atoms in total. The summed E-state index contributed by atoms with van der Waals surface area (Å²) in [5.74, 6) is 0. The quantitative estimate of drug-likeness (QED) is 0.248. The van der Waals surface area contributed by atoms with Crippen molar-refractivity contribution in [1.82, 2.24) is 0 Å². The molecule has 0 aliphatic carbocycles. The second kappa shape index (κ2) is 16.6. The Morgan fingerprint density at radius 2 is 1.09 bits per heavy atom. The van der Waals surface area contributed by atoms with Gasteiger partial charge in [0.2, 0.25) is 0 Å². The van der Waals surface area contributed by atoms with Gasteiger partial charge in [0.1, 0.15) is 6.10 Å². The molecule has 0 rings (SSSR count). The lowest BCUT2D eigenvalue weighted by atomic mass is 10.0. The van der Waals surface area contributed by atoms with Crippen LogP contribution in [0.2, 0.25) is 0 Å². The van der Waals surface area contributed by atoms with Crippen molar-refractivity contribution in [3.8, 4) is 0 Å². The number of unbranched alkanes of at least 4 members (excludes halogenated alkanes) is 11. The van der Waals surface area contributed by atoms with Crippen molar-refractivity contribution >= 4 is 6.16 Å². The molecule has 0 heterocycles. The molecular formula is C19H38O3.